The van der Waals surface area contributed by atoms with Crippen LogP contribution in [0.2, 0.25) is 0 Å². The lowest BCUT2D eigenvalue weighted by molar-refractivity contribution is -0.274. The van der Waals surface area contributed by atoms with Crippen molar-refractivity contribution in [2.45, 2.75) is 71.1 Å². The van der Waals surface area contributed by atoms with E-state index in [-0.39, 0.29) is 29.2 Å². The zero-order valence-electron chi connectivity index (χ0n) is 21.4. The summed E-state index contributed by atoms with van der Waals surface area (Å²) in [4.78, 5) is 0. The number of unbranched alkanes of at least 4 members (excludes halogenated alkanes) is 1. The minimum absolute atomic E-state index is 0.00186. The van der Waals surface area contributed by atoms with Gasteiger partial charge < -0.3 is 9.47 Å². The third-order valence-electron chi connectivity index (χ3n) is 7.32. The van der Waals surface area contributed by atoms with Crippen LogP contribution in [0.1, 0.15) is 63.9 Å². The van der Waals surface area contributed by atoms with Gasteiger partial charge >= 0.3 is 6.36 Å². The number of benzene rings is 3. The molecule has 3 aromatic carbocycles. The molecule has 4 rings (SSSR count). The standard InChI is InChI=1S/C31H32F5O2/c1-2-3-6-21-9-11-22(12-10-21)13-18-26-27(32)19-20-29(30(26)33)37-28-8-5-4-7-25(28)23-14-16-24(17-15-23)38-31(34,35)36/h4-5,7-8,14-17,19,21-22H,2-3,6,9-13,18H2,1H3/t21-,22-. The SMILES string of the molecule is CCCC[C@H]1CC[C@H](CCc2c(F)c[c]c(Oc3ccccc3-c3ccc(OC(F)(F)F)cc3)c2F)CC1. The van der Waals surface area contributed by atoms with Gasteiger partial charge in [0, 0.05) is 17.2 Å². The van der Waals surface area contributed by atoms with Crippen LogP contribution in [-0.4, -0.2) is 6.36 Å². The average molecular weight is 532 g/mol. The van der Waals surface area contributed by atoms with Gasteiger partial charge in [-0.25, -0.2) is 8.78 Å². The highest BCUT2D eigenvalue weighted by atomic mass is 19.4. The van der Waals surface area contributed by atoms with Crippen LogP contribution in [0.4, 0.5) is 22.0 Å². The minimum atomic E-state index is -4.79. The van der Waals surface area contributed by atoms with E-state index in [1.165, 1.54) is 56.4 Å². The lowest BCUT2D eigenvalue weighted by Gasteiger charge is -2.28. The number of halogens is 5. The molecule has 0 atom stereocenters. The summed E-state index contributed by atoms with van der Waals surface area (Å²) in [5.41, 5.74) is 1.08. The third-order valence-corrected chi connectivity index (χ3v) is 7.32. The van der Waals surface area contributed by atoms with Crippen LogP contribution >= 0.6 is 0 Å². The van der Waals surface area contributed by atoms with Gasteiger partial charge in [0.2, 0.25) is 0 Å². The van der Waals surface area contributed by atoms with Gasteiger partial charge in [0.05, 0.1) is 0 Å². The number of para-hydroxylation sites is 1. The molecule has 0 amide bonds. The summed E-state index contributed by atoms with van der Waals surface area (Å²) in [7, 11) is 0. The molecular formula is C31H32F5O2. The van der Waals surface area contributed by atoms with E-state index in [0.29, 0.717) is 17.0 Å². The highest BCUT2D eigenvalue weighted by Crippen LogP contribution is 2.38. The van der Waals surface area contributed by atoms with Gasteiger partial charge in [-0.05, 0) is 54.5 Å². The summed E-state index contributed by atoms with van der Waals surface area (Å²) in [6, 6.07) is 15.7. The molecule has 1 aliphatic carbocycles. The van der Waals surface area contributed by atoms with Crippen molar-refractivity contribution in [1.29, 1.82) is 0 Å². The second-order valence-corrected chi connectivity index (χ2v) is 10.00. The summed E-state index contributed by atoms with van der Waals surface area (Å²) in [6.45, 7) is 2.21. The molecule has 7 heteroatoms. The molecule has 0 unspecified atom stereocenters. The van der Waals surface area contributed by atoms with Crippen molar-refractivity contribution in [3.8, 4) is 28.4 Å². The molecule has 1 fully saturated rings. The van der Waals surface area contributed by atoms with Crippen molar-refractivity contribution in [3.05, 3.63) is 77.9 Å². The Morgan fingerprint density at radius 3 is 2.21 bits per heavy atom. The molecule has 2 nitrogen and oxygen atoms in total. The zero-order valence-corrected chi connectivity index (χ0v) is 21.4. The fraction of sp³-hybridized carbons (Fsp3) is 0.419. The Labute approximate surface area is 220 Å². The lowest BCUT2D eigenvalue weighted by atomic mass is 9.78. The second-order valence-electron chi connectivity index (χ2n) is 10.00. The smallest absolute Gasteiger partial charge is 0.453 e. The predicted octanol–water partition coefficient (Wildman–Crippen LogP) is 10.1. The third kappa shape index (κ3) is 7.49. The first-order valence-corrected chi connectivity index (χ1v) is 13.2. The number of hydrogen-bond acceptors (Lipinski definition) is 2. The lowest BCUT2D eigenvalue weighted by Crippen LogP contribution is -2.16. The van der Waals surface area contributed by atoms with E-state index in [1.54, 1.807) is 24.3 Å². The Morgan fingerprint density at radius 2 is 1.55 bits per heavy atom. The summed E-state index contributed by atoms with van der Waals surface area (Å²) in [6.07, 6.45) is 4.53. The van der Waals surface area contributed by atoms with Gasteiger partial charge in [-0.2, -0.15) is 0 Å². The van der Waals surface area contributed by atoms with E-state index in [1.807, 2.05) is 0 Å². The molecule has 0 spiro atoms. The first-order chi connectivity index (χ1) is 18.2. The molecule has 38 heavy (non-hydrogen) atoms. The molecule has 0 aromatic heterocycles. The maximum Gasteiger partial charge on any atom is 0.573 e. The molecule has 203 valence electrons. The van der Waals surface area contributed by atoms with Crippen LogP contribution in [0, 0.1) is 29.5 Å². The topological polar surface area (TPSA) is 18.5 Å². The van der Waals surface area contributed by atoms with Crippen molar-refractivity contribution in [1.82, 2.24) is 0 Å². The van der Waals surface area contributed by atoms with Gasteiger partial charge in [-0.1, -0.05) is 82.2 Å². The Hall–Kier alpha value is -3.09. The van der Waals surface area contributed by atoms with E-state index in [0.717, 1.165) is 31.2 Å². The average Bonchev–Trinajstić information content (AvgIpc) is 2.89. The normalized spacial score (nSPS) is 17.8. The van der Waals surface area contributed by atoms with Crippen LogP contribution < -0.4 is 9.47 Å². The number of ether oxygens (including phenoxy) is 2. The number of hydrogen-bond donors (Lipinski definition) is 0. The Bertz CT molecular complexity index is 1180. The van der Waals surface area contributed by atoms with Crippen molar-refractivity contribution in [2.75, 3.05) is 0 Å². The second kappa shape index (κ2) is 12.6. The van der Waals surface area contributed by atoms with Gasteiger partial charge in [0.25, 0.3) is 0 Å². The molecular weight excluding hydrogens is 499 g/mol. The van der Waals surface area contributed by atoms with Crippen LogP contribution in [-0.2, 0) is 6.42 Å². The summed E-state index contributed by atoms with van der Waals surface area (Å²) in [5.74, 6) is -0.462. The molecule has 1 radical (unpaired) electrons. The minimum Gasteiger partial charge on any atom is -0.453 e. The van der Waals surface area contributed by atoms with E-state index in [9.17, 15) is 17.6 Å². The van der Waals surface area contributed by atoms with E-state index in [4.69, 9.17) is 4.74 Å². The summed E-state index contributed by atoms with van der Waals surface area (Å²) >= 11 is 0. The Kier molecular flexibility index (Phi) is 9.29. The van der Waals surface area contributed by atoms with E-state index >= 15 is 4.39 Å². The molecule has 3 aromatic rings. The molecule has 0 heterocycles. The Morgan fingerprint density at radius 1 is 0.895 bits per heavy atom. The first kappa shape index (κ1) is 27.9. The molecule has 0 aliphatic heterocycles. The fourth-order valence-electron chi connectivity index (χ4n) is 5.22. The quantitative estimate of drug-likeness (QED) is 0.242. The van der Waals surface area contributed by atoms with Gasteiger partial charge in [-0.3, -0.25) is 0 Å². The van der Waals surface area contributed by atoms with Gasteiger partial charge in [-0.15, -0.1) is 13.2 Å². The van der Waals surface area contributed by atoms with Crippen LogP contribution in [0.15, 0.2) is 54.6 Å². The maximum absolute atomic E-state index is 15.4. The maximum atomic E-state index is 15.4. The number of alkyl halides is 3. The molecule has 1 saturated carbocycles. The van der Waals surface area contributed by atoms with E-state index < -0.39 is 18.0 Å². The predicted molar refractivity (Wildman–Crippen MR) is 137 cm³/mol. The van der Waals surface area contributed by atoms with Crippen LogP contribution in [0.5, 0.6) is 17.2 Å². The largest absolute Gasteiger partial charge is 0.573 e. The highest BCUT2D eigenvalue weighted by Gasteiger charge is 2.31. The zero-order chi connectivity index (χ0) is 27.1. The first-order valence-electron chi connectivity index (χ1n) is 13.2. The van der Waals surface area contributed by atoms with Crippen molar-refractivity contribution in [3.63, 3.8) is 0 Å². The summed E-state index contributed by atoms with van der Waals surface area (Å²) in [5, 5.41) is 0. The van der Waals surface area contributed by atoms with Gasteiger partial charge in [0.15, 0.2) is 11.6 Å². The molecule has 0 saturated heterocycles. The van der Waals surface area contributed by atoms with Gasteiger partial charge in [0.1, 0.15) is 17.3 Å². The van der Waals surface area contributed by atoms with Crippen molar-refractivity contribution >= 4 is 0 Å². The molecule has 0 N–H and O–H groups in total. The number of rotatable bonds is 10. The Balaban J connectivity index is 1.45. The van der Waals surface area contributed by atoms with E-state index in [2.05, 4.69) is 17.7 Å². The van der Waals surface area contributed by atoms with Crippen LogP contribution in [0.3, 0.4) is 0 Å². The van der Waals surface area contributed by atoms with Crippen molar-refractivity contribution < 1.29 is 31.4 Å². The fourth-order valence-corrected chi connectivity index (χ4v) is 5.22. The molecule has 1 aliphatic rings. The monoisotopic (exact) mass is 531 g/mol. The van der Waals surface area contributed by atoms with Crippen molar-refractivity contribution in [2.24, 2.45) is 11.8 Å². The van der Waals surface area contributed by atoms with Crippen LogP contribution in [0.25, 0.3) is 11.1 Å². The highest BCUT2D eigenvalue weighted by molar-refractivity contribution is 5.71. The molecule has 0 bridgehead atoms. The summed E-state index contributed by atoms with van der Waals surface area (Å²) < 4.78 is 77.2.